The van der Waals surface area contributed by atoms with Gasteiger partial charge >= 0.3 is 6.09 Å². The standard InChI is InChI=1S/C23H39NO3/c1-5-8-10-13-20-15-16-22(21(19-20)14-11-9-6-2)27-18-12-17-24(7-3)23(25)26-4/h15-16,19H,5-14,17-18H2,1-4H3. The molecule has 1 aromatic carbocycles. The number of rotatable bonds is 14. The highest BCUT2D eigenvalue weighted by atomic mass is 16.5. The fourth-order valence-electron chi connectivity index (χ4n) is 3.21. The average Bonchev–Trinajstić information content (AvgIpc) is 2.69. The summed E-state index contributed by atoms with van der Waals surface area (Å²) < 4.78 is 10.9. The normalized spacial score (nSPS) is 10.7. The predicted octanol–water partition coefficient (Wildman–Crippen LogP) is 6.01. The van der Waals surface area contributed by atoms with Crippen LogP contribution in [0.2, 0.25) is 0 Å². The van der Waals surface area contributed by atoms with Crippen LogP contribution in [0.3, 0.4) is 0 Å². The van der Waals surface area contributed by atoms with Crippen LogP contribution in [0.25, 0.3) is 0 Å². The molecule has 1 rings (SSSR count). The predicted molar refractivity (Wildman–Crippen MR) is 113 cm³/mol. The van der Waals surface area contributed by atoms with Crippen molar-refractivity contribution in [2.24, 2.45) is 0 Å². The van der Waals surface area contributed by atoms with Crippen molar-refractivity contribution in [1.82, 2.24) is 4.90 Å². The van der Waals surface area contributed by atoms with Crippen molar-refractivity contribution in [3.05, 3.63) is 29.3 Å². The first-order valence-corrected chi connectivity index (χ1v) is 10.7. The molecule has 0 radical (unpaired) electrons. The molecule has 0 spiro atoms. The van der Waals surface area contributed by atoms with E-state index < -0.39 is 0 Å². The SMILES string of the molecule is CCCCCc1ccc(OCCCN(CC)C(=O)OC)c(CCCCC)c1. The van der Waals surface area contributed by atoms with E-state index in [1.807, 2.05) is 6.92 Å². The number of carbonyl (C=O) groups is 1. The van der Waals surface area contributed by atoms with E-state index in [2.05, 4.69) is 32.0 Å². The first kappa shape index (κ1) is 23.3. The maximum absolute atomic E-state index is 11.6. The lowest BCUT2D eigenvalue weighted by atomic mass is 10.00. The summed E-state index contributed by atoms with van der Waals surface area (Å²) in [5.74, 6) is 1.01. The van der Waals surface area contributed by atoms with Gasteiger partial charge in [0.15, 0.2) is 0 Å². The van der Waals surface area contributed by atoms with Crippen molar-refractivity contribution >= 4 is 6.09 Å². The van der Waals surface area contributed by atoms with Crippen LogP contribution >= 0.6 is 0 Å². The van der Waals surface area contributed by atoms with E-state index in [0.29, 0.717) is 19.7 Å². The van der Waals surface area contributed by atoms with E-state index in [9.17, 15) is 4.79 Å². The number of hydrogen-bond donors (Lipinski definition) is 0. The second-order valence-corrected chi connectivity index (χ2v) is 7.11. The molecule has 1 aromatic rings. The fraction of sp³-hybridized carbons (Fsp3) is 0.696. The minimum Gasteiger partial charge on any atom is -0.493 e. The summed E-state index contributed by atoms with van der Waals surface area (Å²) in [6.07, 6.45) is 10.2. The molecule has 0 heterocycles. The molecular formula is C23H39NO3. The van der Waals surface area contributed by atoms with Crippen LogP contribution in [0.15, 0.2) is 18.2 Å². The van der Waals surface area contributed by atoms with E-state index >= 15 is 0 Å². The smallest absolute Gasteiger partial charge is 0.409 e. The largest absolute Gasteiger partial charge is 0.493 e. The zero-order chi connectivity index (χ0) is 19.9. The van der Waals surface area contributed by atoms with Crippen LogP contribution in [0, 0.1) is 0 Å². The molecule has 1 amide bonds. The number of unbranched alkanes of at least 4 members (excludes halogenated alkanes) is 4. The summed E-state index contributed by atoms with van der Waals surface area (Å²) >= 11 is 0. The second kappa shape index (κ2) is 14.4. The first-order chi connectivity index (χ1) is 13.2. The Bertz CT molecular complexity index is 530. The van der Waals surface area contributed by atoms with Crippen LogP contribution in [0.1, 0.15) is 76.8 Å². The van der Waals surface area contributed by atoms with Crippen molar-refractivity contribution in [2.45, 2.75) is 78.6 Å². The van der Waals surface area contributed by atoms with Crippen molar-refractivity contribution in [3.8, 4) is 5.75 Å². The molecule has 0 N–H and O–H groups in total. The zero-order valence-electron chi connectivity index (χ0n) is 17.9. The van der Waals surface area contributed by atoms with Crippen LogP contribution < -0.4 is 4.74 Å². The Kier molecular flexibility index (Phi) is 12.4. The number of aryl methyl sites for hydroxylation is 2. The second-order valence-electron chi connectivity index (χ2n) is 7.11. The molecule has 154 valence electrons. The third kappa shape index (κ3) is 9.16. The lowest BCUT2D eigenvalue weighted by Gasteiger charge is -2.19. The van der Waals surface area contributed by atoms with E-state index in [4.69, 9.17) is 9.47 Å². The molecule has 4 heteroatoms. The van der Waals surface area contributed by atoms with Crippen molar-refractivity contribution in [2.75, 3.05) is 26.8 Å². The lowest BCUT2D eigenvalue weighted by Crippen LogP contribution is -2.32. The summed E-state index contributed by atoms with van der Waals surface area (Å²) in [4.78, 5) is 13.3. The minimum absolute atomic E-state index is 0.269. The van der Waals surface area contributed by atoms with Gasteiger partial charge in [0, 0.05) is 13.1 Å². The lowest BCUT2D eigenvalue weighted by molar-refractivity contribution is 0.123. The van der Waals surface area contributed by atoms with Gasteiger partial charge in [0.2, 0.25) is 0 Å². The Morgan fingerprint density at radius 3 is 2.30 bits per heavy atom. The molecule has 0 bridgehead atoms. The summed E-state index contributed by atoms with van der Waals surface area (Å²) in [5.41, 5.74) is 2.75. The van der Waals surface area contributed by atoms with Crippen LogP contribution in [-0.4, -0.2) is 37.8 Å². The number of methoxy groups -OCH3 is 1. The molecule has 0 aromatic heterocycles. The maximum Gasteiger partial charge on any atom is 0.409 e. The van der Waals surface area contributed by atoms with Gasteiger partial charge in [-0.25, -0.2) is 4.79 Å². The van der Waals surface area contributed by atoms with E-state index in [1.165, 1.54) is 56.8 Å². The van der Waals surface area contributed by atoms with Crippen LogP contribution in [0.4, 0.5) is 4.79 Å². The monoisotopic (exact) mass is 377 g/mol. The third-order valence-corrected chi connectivity index (χ3v) is 4.89. The highest BCUT2D eigenvalue weighted by Crippen LogP contribution is 2.24. The van der Waals surface area contributed by atoms with Gasteiger partial charge in [0.25, 0.3) is 0 Å². The number of hydrogen-bond acceptors (Lipinski definition) is 3. The summed E-state index contributed by atoms with van der Waals surface area (Å²) in [6, 6.07) is 6.69. The van der Waals surface area contributed by atoms with Gasteiger partial charge in [-0.2, -0.15) is 0 Å². The Morgan fingerprint density at radius 2 is 1.67 bits per heavy atom. The topological polar surface area (TPSA) is 38.8 Å². The quantitative estimate of drug-likeness (QED) is 0.373. The number of nitrogens with zero attached hydrogens (tertiary/aromatic N) is 1. The van der Waals surface area contributed by atoms with Crippen LogP contribution in [-0.2, 0) is 17.6 Å². The molecule has 0 fully saturated rings. The molecule has 0 unspecified atom stereocenters. The molecule has 0 saturated heterocycles. The minimum atomic E-state index is -0.269. The maximum atomic E-state index is 11.6. The van der Waals surface area contributed by atoms with Crippen LogP contribution in [0.5, 0.6) is 5.75 Å². The molecule has 4 nitrogen and oxygen atoms in total. The molecule has 0 aliphatic carbocycles. The molecular weight excluding hydrogens is 338 g/mol. The Morgan fingerprint density at radius 1 is 0.963 bits per heavy atom. The molecule has 0 aliphatic heterocycles. The van der Waals surface area contributed by atoms with Gasteiger partial charge in [-0.1, -0.05) is 51.7 Å². The Balaban J connectivity index is 2.61. The first-order valence-electron chi connectivity index (χ1n) is 10.7. The molecule has 27 heavy (non-hydrogen) atoms. The average molecular weight is 378 g/mol. The van der Waals surface area contributed by atoms with Gasteiger partial charge in [0.1, 0.15) is 5.75 Å². The highest BCUT2D eigenvalue weighted by molar-refractivity contribution is 5.67. The molecule has 0 atom stereocenters. The van der Waals surface area contributed by atoms with E-state index in [0.717, 1.165) is 25.0 Å². The van der Waals surface area contributed by atoms with Crippen molar-refractivity contribution < 1.29 is 14.3 Å². The van der Waals surface area contributed by atoms with Gasteiger partial charge in [-0.15, -0.1) is 0 Å². The van der Waals surface area contributed by atoms with Gasteiger partial charge < -0.3 is 14.4 Å². The number of amides is 1. The number of benzene rings is 1. The van der Waals surface area contributed by atoms with Crippen molar-refractivity contribution in [1.29, 1.82) is 0 Å². The summed E-state index contributed by atoms with van der Waals surface area (Å²) in [6.45, 7) is 8.36. The van der Waals surface area contributed by atoms with Gasteiger partial charge in [-0.05, 0) is 56.2 Å². The van der Waals surface area contributed by atoms with E-state index in [1.54, 1.807) is 4.90 Å². The highest BCUT2D eigenvalue weighted by Gasteiger charge is 2.11. The molecule has 0 saturated carbocycles. The Hall–Kier alpha value is -1.71. The summed E-state index contributed by atoms with van der Waals surface area (Å²) in [5, 5.41) is 0. The molecule has 0 aliphatic rings. The van der Waals surface area contributed by atoms with Gasteiger partial charge in [-0.3, -0.25) is 0 Å². The third-order valence-electron chi connectivity index (χ3n) is 4.89. The zero-order valence-corrected chi connectivity index (χ0v) is 17.9. The Labute approximate surface area is 166 Å². The fourth-order valence-corrected chi connectivity index (χ4v) is 3.21. The van der Waals surface area contributed by atoms with Gasteiger partial charge in [0.05, 0.1) is 13.7 Å². The summed E-state index contributed by atoms with van der Waals surface area (Å²) in [7, 11) is 1.42. The van der Waals surface area contributed by atoms with Crippen molar-refractivity contribution in [3.63, 3.8) is 0 Å². The number of ether oxygens (including phenoxy) is 2. The number of carbonyl (C=O) groups excluding carboxylic acids is 1. The van der Waals surface area contributed by atoms with E-state index in [-0.39, 0.29) is 6.09 Å².